The van der Waals surface area contributed by atoms with Crippen LogP contribution in [0.3, 0.4) is 0 Å². The molecule has 3 aromatic rings. The molecule has 182 valence electrons. The van der Waals surface area contributed by atoms with Gasteiger partial charge in [-0.05, 0) is 80.3 Å². The van der Waals surface area contributed by atoms with E-state index < -0.39 is 23.1 Å². The number of furan rings is 1. The van der Waals surface area contributed by atoms with Crippen LogP contribution in [0.4, 0.5) is 10.1 Å². The second kappa shape index (κ2) is 10.3. The van der Waals surface area contributed by atoms with E-state index in [0.29, 0.717) is 34.7 Å². The number of benzene rings is 2. The maximum absolute atomic E-state index is 13.5. The lowest BCUT2D eigenvalue weighted by Gasteiger charge is -2.29. The zero-order valence-corrected chi connectivity index (χ0v) is 20.5. The van der Waals surface area contributed by atoms with Gasteiger partial charge in [-0.15, -0.1) is 0 Å². The Kier molecular flexibility index (Phi) is 7.38. The van der Waals surface area contributed by atoms with Crippen LogP contribution in [0.25, 0.3) is 22.3 Å². The molecule has 0 saturated heterocycles. The van der Waals surface area contributed by atoms with Gasteiger partial charge in [0.25, 0.3) is 0 Å². The van der Waals surface area contributed by atoms with Gasteiger partial charge in [0.1, 0.15) is 22.7 Å². The van der Waals surface area contributed by atoms with E-state index >= 15 is 0 Å². The third-order valence-corrected chi connectivity index (χ3v) is 6.77. The predicted molar refractivity (Wildman–Crippen MR) is 130 cm³/mol. The van der Waals surface area contributed by atoms with Gasteiger partial charge >= 0.3 is 5.97 Å². The van der Waals surface area contributed by atoms with Gasteiger partial charge in [-0.25, -0.2) is 9.18 Å². The smallest absolute Gasteiger partial charge is 0.342 e. The summed E-state index contributed by atoms with van der Waals surface area (Å²) in [6.45, 7) is 6.51. The molecule has 0 amide bonds. The van der Waals surface area contributed by atoms with Gasteiger partial charge in [0.15, 0.2) is 0 Å². The average Bonchev–Trinajstić information content (AvgIpc) is 3.56. The van der Waals surface area contributed by atoms with Crippen LogP contribution in [0.2, 0.25) is 0 Å². The van der Waals surface area contributed by atoms with Crippen molar-refractivity contribution in [2.75, 3.05) is 17.5 Å². The van der Waals surface area contributed by atoms with Crippen LogP contribution in [0, 0.1) is 11.7 Å². The van der Waals surface area contributed by atoms with E-state index in [1.165, 1.54) is 16.4 Å². The van der Waals surface area contributed by atoms with E-state index in [-0.39, 0.29) is 23.8 Å². The number of esters is 1. The first-order valence-corrected chi connectivity index (χ1v) is 12.7. The molecule has 0 radical (unpaired) electrons. The molecular weight excluding hydrogens is 457 g/mol. The molecule has 1 unspecified atom stereocenters. The standard InChI is InChI=1S/C26H30FNO5S/c1-4-32-26(29)24-21-14-20(17-7-8-17)22(28(34(30)31)13-5-6-16(2)3)15-23(21)33-25(24)18-9-11-19(27)12-10-18/h9-12,14-17H,4-8,13H2,1-3H3,(H,30,31)/p-1. The number of halogens is 1. The number of carbonyl (C=O) groups excluding carboxylic acids is 1. The van der Waals surface area contributed by atoms with Crippen molar-refractivity contribution in [1.29, 1.82) is 0 Å². The van der Waals surface area contributed by atoms with Gasteiger partial charge in [0.05, 0.1) is 12.3 Å². The number of nitrogens with zero attached hydrogens (tertiary/aromatic N) is 1. The minimum absolute atomic E-state index is 0.195. The van der Waals surface area contributed by atoms with Crippen LogP contribution in [0.15, 0.2) is 40.8 Å². The molecule has 0 bridgehead atoms. The van der Waals surface area contributed by atoms with E-state index in [0.717, 1.165) is 31.2 Å². The molecule has 1 aliphatic rings. The summed E-state index contributed by atoms with van der Waals surface area (Å²) in [6.07, 6.45) is 3.57. The van der Waals surface area contributed by atoms with Crippen molar-refractivity contribution < 1.29 is 27.1 Å². The third-order valence-electron chi connectivity index (χ3n) is 6.03. The summed E-state index contributed by atoms with van der Waals surface area (Å²) in [5.74, 6) is 0.0570. The number of hydrogen-bond donors (Lipinski definition) is 0. The summed E-state index contributed by atoms with van der Waals surface area (Å²) < 4.78 is 50.7. The van der Waals surface area contributed by atoms with Crippen molar-refractivity contribution in [3.63, 3.8) is 0 Å². The fraction of sp³-hybridized carbons (Fsp3) is 0.423. The Hall–Kier alpha value is -2.71. The number of ether oxygens (including phenoxy) is 1. The number of anilines is 1. The SMILES string of the molecule is CCOC(=O)c1c(-c2ccc(F)cc2)oc2cc(N(CCCC(C)C)S(=O)[O-])c(C3CC3)cc12. The van der Waals surface area contributed by atoms with E-state index in [4.69, 9.17) is 9.15 Å². The molecule has 1 aromatic heterocycles. The summed E-state index contributed by atoms with van der Waals surface area (Å²) in [7, 11) is 0. The molecule has 8 heteroatoms. The lowest BCUT2D eigenvalue weighted by Crippen LogP contribution is -2.27. The van der Waals surface area contributed by atoms with Crippen LogP contribution in [-0.4, -0.2) is 27.9 Å². The van der Waals surface area contributed by atoms with Crippen LogP contribution in [-0.2, 0) is 16.0 Å². The Morgan fingerprint density at radius 2 is 1.97 bits per heavy atom. The summed E-state index contributed by atoms with van der Waals surface area (Å²) >= 11 is -2.45. The molecule has 34 heavy (non-hydrogen) atoms. The van der Waals surface area contributed by atoms with Crippen molar-refractivity contribution in [3.05, 3.63) is 53.3 Å². The molecular formula is C26H29FNO5S-. The first kappa shape index (κ1) is 24.4. The molecule has 1 fully saturated rings. The first-order valence-electron chi connectivity index (χ1n) is 11.7. The number of carbonyl (C=O) groups is 1. The van der Waals surface area contributed by atoms with Gasteiger partial charge in [0, 0.05) is 34.8 Å². The molecule has 1 saturated carbocycles. The highest BCUT2D eigenvalue weighted by molar-refractivity contribution is 7.80. The Balaban J connectivity index is 1.87. The molecule has 4 rings (SSSR count). The first-order chi connectivity index (χ1) is 16.3. The quantitative estimate of drug-likeness (QED) is 0.247. The fourth-order valence-corrected chi connectivity index (χ4v) is 4.81. The normalized spacial score (nSPS) is 14.5. The predicted octanol–water partition coefficient (Wildman–Crippen LogP) is 6.33. The molecule has 2 aromatic carbocycles. The fourth-order valence-electron chi connectivity index (χ4n) is 4.22. The average molecular weight is 487 g/mol. The highest BCUT2D eigenvalue weighted by Crippen LogP contribution is 2.48. The van der Waals surface area contributed by atoms with E-state index in [9.17, 15) is 17.9 Å². The number of rotatable bonds is 10. The van der Waals surface area contributed by atoms with E-state index in [1.807, 2.05) is 6.07 Å². The van der Waals surface area contributed by atoms with Crippen LogP contribution < -0.4 is 4.31 Å². The highest BCUT2D eigenvalue weighted by atomic mass is 32.2. The van der Waals surface area contributed by atoms with Gasteiger partial charge < -0.3 is 18.0 Å². The molecule has 1 atom stereocenters. The van der Waals surface area contributed by atoms with Crippen LogP contribution >= 0.6 is 0 Å². The monoisotopic (exact) mass is 486 g/mol. The molecule has 1 aliphatic carbocycles. The minimum atomic E-state index is -2.45. The zero-order valence-electron chi connectivity index (χ0n) is 19.6. The van der Waals surface area contributed by atoms with Crippen molar-refractivity contribution in [1.82, 2.24) is 0 Å². The summed E-state index contributed by atoms with van der Waals surface area (Å²) in [6, 6.07) is 9.27. The largest absolute Gasteiger partial charge is 0.755 e. The van der Waals surface area contributed by atoms with Crippen molar-refractivity contribution in [2.24, 2.45) is 5.92 Å². The highest BCUT2D eigenvalue weighted by Gasteiger charge is 2.32. The van der Waals surface area contributed by atoms with Crippen LogP contribution in [0.5, 0.6) is 0 Å². The van der Waals surface area contributed by atoms with Gasteiger partial charge in [-0.2, -0.15) is 0 Å². The minimum Gasteiger partial charge on any atom is -0.755 e. The number of fused-ring (bicyclic) bond motifs is 1. The van der Waals surface area contributed by atoms with E-state index in [2.05, 4.69) is 13.8 Å². The molecule has 1 heterocycles. The Bertz CT molecular complexity index is 1200. The van der Waals surface area contributed by atoms with Crippen molar-refractivity contribution >= 4 is 33.9 Å². The molecule has 0 aliphatic heterocycles. The summed E-state index contributed by atoms with van der Waals surface area (Å²) in [5.41, 5.74) is 2.67. The summed E-state index contributed by atoms with van der Waals surface area (Å²) in [4.78, 5) is 12.9. The van der Waals surface area contributed by atoms with Crippen molar-refractivity contribution in [3.8, 4) is 11.3 Å². The maximum Gasteiger partial charge on any atom is 0.342 e. The van der Waals surface area contributed by atoms with Crippen LogP contribution in [0.1, 0.15) is 68.3 Å². The van der Waals surface area contributed by atoms with Gasteiger partial charge in [-0.1, -0.05) is 13.8 Å². The zero-order chi connectivity index (χ0) is 24.4. The second-order valence-electron chi connectivity index (χ2n) is 9.07. The second-order valence-corrected chi connectivity index (χ2v) is 9.95. The third kappa shape index (κ3) is 5.18. The lowest BCUT2D eigenvalue weighted by atomic mass is 10.0. The molecule has 6 nitrogen and oxygen atoms in total. The van der Waals surface area contributed by atoms with Gasteiger partial charge in [-0.3, -0.25) is 4.21 Å². The maximum atomic E-state index is 13.5. The Labute approximate surface area is 201 Å². The topological polar surface area (TPSA) is 82.8 Å². The lowest BCUT2D eigenvalue weighted by molar-refractivity contribution is 0.0528. The Morgan fingerprint density at radius 3 is 2.56 bits per heavy atom. The van der Waals surface area contributed by atoms with Crippen molar-refractivity contribution in [2.45, 2.75) is 52.4 Å². The van der Waals surface area contributed by atoms with Gasteiger partial charge in [0.2, 0.25) is 0 Å². The number of hydrogen-bond acceptors (Lipinski definition) is 5. The molecule has 0 spiro atoms. The van der Waals surface area contributed by atoms with E-state index in [1.54, 1.807) is 25.1 Å². The molecule has 0 N–H and O–H groups in total. The summed E-state index contributed by atoms with van der Waals surface area (Å²) in [5, 5.41) is 0.572. The Morgan fingerprint density at radius 1 is 1.26 bits per heavy atom.